The van der Waals surface area contributed by atoms with Gasteiger partial charge in [0.2, 0.25) is 0 Å². The van der Waals surface area contributed by atoms with E-state index < -0.39 is 23.4 Å². The molecular formula is C9H11NO4. The highest BCUT2D eigenvalue weighted by atomic mass is 16.4. The Morgan fingerprint density at radius 3 is 2.43 bits per heavy atom. The normalized spacial score (nSPS) is 44.2. The average Bonchev–Trinajstić information content (AvgIpc) is 2.61. The van der Waals surface area contributed by atoms with Crippen molar-refractivity contribution < 1.29 is 19.8 Å². The van der Waals surface area contributed by atoms with Gasteiger partial charge in [-0.15, -0.1) is 0 Å². The van der Waals surface area contributed by atoms with Crippen LogP contribution in [-0.4, -0.2) is 27.7 Å². The van der Waals surface area contributed by atoms with E-state index in [4.69, 9.17) is 15.9 Å². The lowest BCUT2D eigenvalue weighted by atomic mass is 9.76. The third-order valence-corrected chi connectivity index (χ3v) is 3.31. The second-order valence-electron chi connectivity index (χ2n) is 3.95. The molecule has 0 unspecified atom stereocenters. The van der Waals surface area contributed by atoms with Crippen LogP contribution in [0.4, 0.5) is 0 Å². The summed E-state index contributed by atoms with van der Waals surface area (Å²) in [4.78, 5) is 21.9. The fraction of sp³-hybridized carbons (Fsp3) is 0.556. The van der Waals surface area contributed by atoms with Gasteiger partial charge < -0.3 is 15.9 Å². The maximum Gasteiger partial charge on any atom is 0.325 e. The van der Waals surface area contributed by atoms with E-state index in [1.807, 2.05) is 0 Å². The number of aliphatic carboxylic acids is 2. The number of rotatable bonds is 2. The molecule has 76 valence electrons. The fourth-order valence-corrected chi connectivity index (χ4v) is 2.59. The molecule has 2 rings (SSSR count). The van der Waals surface area contributed by atoms with E-state index in [9.17, 15) is 9.59 Å². The molecule has 2 aliphatic carbocycles. The lowest BCUT2D eigenvalue weighted by Gasteiger charge is -2.31. The second kappa shape index (κ2) is 2.57. The molecule has 0 aromatic heterocycles. The number of hydrogen-bond acceptors (Lipinski definition) is 3. The monoisotopic (exact) mass is 197 g/mol. The third-order valence-electron chi connectivity index (χ3n) is 3.31. The first-order valence-corrected chi connectivity index (χ1v) is 4.41. The van der Waals surface area contributed by atoms with Gasteiger partial charge in [-0.25, -0.2) is 0 Å². The first-order valence-electron chi connectivity index (χ1n) is 4.41. The topological polar surface area (TPSA) is 101 Å². The van der Waals surface area contributed by atoms with E-state index in [0.29, 0.717) is 6.42 Å². The maximum atomic E-state index is 11.0. The molecule has 2 bridgehead atoms. The summed E-state index contributed by atoms with van der Waals surface area (Å²) < 4.78 is 0. The SMILES string of the molecule is N[C@@]1(C(=O)O)[C@H]2C=C[C@H](C2)[C@@H]1C(=O)O. The molecule has 0 aromatic rings. The second-order valence-corrected chi connectivity index (χ2v) is 3.95. The highest BCUT2D eigenvalue weighted by molar-refractivity contribution is 5.89. The summed E-state index contributed by atoms with van der Waals surface area (Å²) in [5, 5.41) is 17.9. The molecule has 1 fully saturated rings. The van der Waals surface area contributed by atoms with Crippen LogP contribution >= 0.6 is 0 Å². The van der Waals surface area contributed by atoms with Crippen LogP contribution in [0.1, 0.15) is 6.42 Å². The molecule has 2 aliphatic rings. The standard InChI is InChI=1S/C9H11NO4/c10-9(8(13)14)5-2-1-4(3-5)6(9)7(11)12/h1-2,4-6H,3,10H2,(H,11,12)(H,13,14)/t4-,5+,6-,9+/m1/s1. The van der Waals surface area contributed by atoms with E-state index in [1.165, 1.54) is 0 Å². The van der Waals surface area contributed by atoms with Crippen LogP contribution in [0.5, 0.6) is 0 Å². The molecule has 0 spiro atoms. The van der Waals surface area contributed by atoms with Crippen molar-refractivity contribution in [2.75, 3.05) is 0 Å². The molecule has 5 heteroatoms. The predicted molar refractivity (Wildman–Crippen MR) is 46.4 cm³/mol. The van der Waals surface area contributed by atoms with Crippen LogP contribution < -0.4 is 5.73 Å². The number of allylic oxidation sites excluding steroid dienone is 1. The van der Waals surface area contributed by atoms with E-state index >= 15 is 0 Å². The minimum atomic E-state index is -1.62. The van der Waals surface area contributed by atoms with Crippen molar-refractivity contribution in [1.82, 2.24) is 0 Å². The average molecular weight is 197 g/mol. The number of carboxylic acid groups (broad SMARTS) is 2. The van der Waals surface area contributed by atoms with Crippen LogP contribution in [0, 0.1) is 17.8 Å². The van der Waals surface area contributed by atoms with Gasteiger partial charge in [0.1, 0.15) is 5.54 Å². The van der Waals surface area contributed by atoms with Crippen molar-refractivity contribution in [2.24, 2.45) is 23.5 Å². The van der Waals surface area contributed by atoms with Crippen LogP contribution in [-0.2, 0) is 9.59 Å². The number of hydrogen-bond donors (Lipinski definition) is 3. The van der Waals surface area contributed by atoms with Gasteiger partial charge in [0.05, 0.1) is 5.92 Å². The molecule has 0 amide bonds. The van der Waals surface area contributed by atoms with Crippen LogP contribution in [0.2, 0.25) is 0 Å². The molecule has 0 aromatic carbocycles. The lowest BCUT2D eigenvalue weighted by Crippen LogP contribution is -2.59. The Hall–Kier alpha value is -1.36. The van der Waals surface area contributed by atoms with E-state index in [-0.39, 0.29) is 11.8 Å². The van der Waals surface area contributed by atoms with Crippen molar-refractivity contribution >= 4 is 11.9 Å². The quantitative estimate of drug-likeness (QED) is 0.526. The molecule has 4 N–H and O–H groups in total. The molecule has 4 atom stereocenters. The van der Waals surface area contributed by atoms with Gasteiger partial charge in [-0.3, -0.25) is 9.59 Å². The zero-order valence-electron chi connectivity index (χ0n) is 7.38. The first-order chi connectivity index (χ1) is 6.48. The van der Waals surface area contributed by atoms with Gasteiger partial charge >= 0.3 is 11.9 Å². The number of nitrogens with two attached hydrogens (primary N) is 1. The highest BCUT2D eigenvalue weighted by Crippen LogP contribution is 2.49. The van der Waals surface area contributed by atoms with Gasteiger partial charge in [-0.05, 0) is 12.3 Å². The molecule has 0 aliphatic heterocycles. The molecule has 14 heavy (non-hydrogen) atoms. The lowest BCUT2D eigenvalue weighted by molar-refractivity contribution is -0.156. The summed E-state index contributed by atoms with van der Waals surface area (Å²) in [7, 11) is 0. The summed E-state index contributed by atoms with van der Waals surface area (Å²) in [6, 6.07) is 0. The van der Waals surface area contributed by atoms with Crippen molar-refractivity contribution in [3.8, 4) is 0 Å². The van der Waals surface area contributed by atoms with Crippen molar-refractivity contribution in [2.45, 2.75) is 12.0 Å². The minimum Gasteiger partial charge on any atom is -0.481 e. The molecule has 1 saturated carbocycles. The Labute approximate surface area is 80.2 Å². The van der Waals surface area contributed by atoms with Crippen LogP contribution in [0.15, 0.2) is 12.2 Å². The Kier molecular flexibility index (Phi) is 1.69. The van der Waals surface area contributed by atoms with Gasteiger partial charge in [0.15, 0.2) is 0 Å². The Balaban J connectivity index is 2.45. The van der Waals surface area contributed by atoms with E-state index in [1.54, 1.807) is 12.2 Å². The van der Waals surface area contributed by atoms with Crippen molar-refractivity contribution in [1.29, 1.82) is 0 Å². The summed E-state index contributed by atoms with van der Waals surface area (Å²) in [6.07, 6.45) is 4.02. The first kappa shape index (κ1) is 9.21. The zero-order chi connectivity index (χ0) is 10.5. The zero-order valence-corrected chi connectivity index (χ0v) is 7.38. The van der Waals surface area contributed by atoms with Crippen LogP contribution in [0.25, 0.3) is 0 Å². The predicted octanol–water partition coefficient (Wildman–Crippen LogP) is -0.325. The largest absolute Gasteiger partial charge is 0.481 e. The van der Waals surface area contributed by atoms with Gasteiger partial charge in [-0.1, -0.05) is 12.2 Å². The number of carboxylic acids is 2. The van der Waals surface area contributed by atoms with E-state index in [2.05, 4.69) is 0 Å². The summed E-state index contributed by atoms with van der Waals surface area (Å²) in [5.41, 5.74) is 4.08. The Morgan fingerprint density at radius 1 is 1.36 bits per heavy atom. The maximum absolute atomic E-state index is 11.0. The minimum absolute atomic E-state index is 0.224. The van der Waals surface area contributed by atoms with Gasteiger partial charge in [0.25, 0.3) is 0 Å². The van der Waals surface area contributed by atoms with Gasteiger partial charge in [-0.2, -0.15) is 0 Å². The molecule has 0 radical (unpaired) electrons. The Bertz CT molecular complexity index is 338. The van der Waals surface area contributed by atoms with Crippen molar-refractivity contribution in [3.05, 3.63) is 12.2 Å². The molecule has 0 saturated heterocycles. The molecule has 5 nitrogen and oxygen atoms in total. The molecule has 0 heterocycles. The number of carbonyl (C=O) groups is 2. The number of fused-ring (bicyclic) bond motifs is 2. The van der Waals surface area contributed by atoms with Crippen LogP contribution in [0.3, 0.4) is 0 Å². The Morgan fingerprint density at radius 2 is 2.00 bits per heavy atom. The van der Waals surface area contributed by atoms with Crippen molar-refractivity contribution in [3.63, 3.8) is 0 Å². The smallest absolute Gasteiger partial charge is 0.325 e. The fourth-order valence-electron chi connectivity index (χ4n) is 2.59. The summed E-state index contributed by atoms with van der Waals surface area (Å²) in [6.45, 7) is 0. The summed E-state index contributed by atoms with van der Waals surface area (Å²) in [5.74, 6) is -3.90. The van der Waals surface area contributed by atoms with E-state index in [0.717, 1.165) is 0 Å². The summed E-state index contributed by atoms with van der Waals surface area (Å²) >= 11 is 0. The molecular weight excluding hydrogens is 186 g/mol. The highest BCUT2D eigenvalue weighted by Gasteiger charge is 2.61. The third kappa shape index (κ3) is 0.874. The van der Waals surface area contributed by atoms with Gasteiger partial charge in [0, 0.05) is 5.92 Å².